The van der Waals surface area contributed by atoms with E-state index < -0.39 is 5.97 Å². The molecule has 0 saturated carbocycles. The Labute approximate surface area is 114 Å². The molecule has 2 atom stereocenters. The molecule has 0 spiro atoms. The Balaban J connectivity index is 1.84. The number of fused-ring (bicyclic) bond motifs is 1. The topological polar surface area (TPSA) is 64.3 Å². The first-order valence-electron chi connectivity index (χ1n) is 5.99. The number of nitrogens with zero attached hydrogens (tertiary/aromatic N) is 2. The lowest BCUT2D eigenvalue weighted by Crippen LogP contribution is -2.54. The lowest BCUT2D eigenvalue weighted by atomic mass is 10.1. The van der Waals surface area contributed by atoms with Crippen LogP contribution in [0.1, 0.15) is 6.42 Å². The summed E-state index contributed by atoms with van der Waals surface area (Å²) in [5.41, 5.74) is 0.186. The van der Waals surface area contributed by atoms with Gasteiger partial charge in [0.25, 0.3) is 0 Å². The van der Waals surface area contributed by atoms with Crippen molar-refractivity contribution in [2.24, 2.45) is 0 Å². The van der Waals surface area contributed by atoms with E-state index in [2.05, 4.69) is 0 Å². The highest BCUT2D eigenvalue weighted by atomic mass is 32.2. The lowest BCUT2D eigenvalue weighted by Gasteiger charge is -2.43. The van der Waals surface area contributed by atoms with Crippen LogP contribution in [0, 0.1) is 0 Å². The molecule has 0 aliphatic carbocycles. The number of aliphatic carboxylic acids is 1. The van der Waals surface area contributed by atoms with Crippen molar-refractivity contribution >= 4 is 23.6 Å². The van der Waals surface area contributed by atoms with E-state index in [9.17, 15) is 14.7 Å². The van der Waals surface area contributed by atoms with Gasteiger partial charge in [-0.1, -0.05) is 6.07 Å². The van der Waals surface area contributed by atoms with E-state index in [1.165, 1.54) is 22.9 Å². The lowest BCUT2D eigenvalue weighted by molar-refractivity contribution is -0.695. The molecular weight excluding hydrogens is 264 g/mol. The second-order valence-corrected chi connectivity index (χ2v) is 5.91. The highest BCUT2D eigenvalue weighted by molar-refractivity contribution is 8.00. The minimum atomic E-state index is -1.20. The first-order valence-corrected chi connectivity index (χ1v) is 6.93. The van der Waals surface area contributed by atoms with Gasteiger partial charge in [-0.15, -0.1) is 11.8 Å². The van der Waals surface area contributed by atoms with Crippen LogP contribution in [0.2, 0.25) is 0 Å². The van der Waals surface area contributed by atoms with Crippen molar-refractivity contribution in [1.82, 2.24) is 4.90 Å². The minimum absolute atomic E-state index is 0.0259. The van der Waals surface area contributed by atoms with Gasteiger partial charge in [0.05, 0.1) is 23.0 Å². The van der Waals surface area contributed by atoms with Gasteiger partial charge < -0.3 is 14.8 Å². The molecule has 98 valence electrons. The van der Waals surface area contributed by atoms with E-state index in [-0.39, 0.29) is 22.1 Å². The van der Waals surface area contributed by atoms with Gasteiger partial charge in [0.2, 0.25) is 5.91 Å². The Morgan fingerprint density at radius 1 is 1.42 bits per heavy atom. The van der Waals surface area contributed by atoms with Crippen LogP contribution in [0.15, 0.2) is 42.4 Å². The van der Waals surface area contributed by atoms with Gasteiger partial charge in [0.1, 0.15) is 0 Å². The van der Waals surface area contributed by atoms with Crippen LogP contribution < -0.4 is 9.67 Å². The summed E-state index contributed by atoms with van der Waals surface area (Å²) in [6.45, 7) is 0.559. The summed E-state index contributed by atoms with van der Waals surface area (Å²) < 4.78 is 1.94. The molecule has 2 aliphatic rings. The molecule has 1 aromatic rings. The number of aromatic nitrogens is 1. The van der Waals surface area contributed by atoms with Crippen LogP contribution in [0.25, 0.3) is 0 Å². The van der Waals surface area contributed by atoms with Crippen LogP contribution in [0.3, 0.4) is 0 Å². The number of amides is 1. The summed E-state index contributed by atoms with van der Waals surface area (Å²) in [5.74, 6) is -1.23. The zero-order valence-electron chi connectivity index (χ0n) is 10.1. The summed E-state index contributed by atoms with van der Waals surface area (Å²) >= 11 is 1.51. The Morgan fingerprint density at radius 3 is 2.79 bits per heavy atom. The molecule has 0 radical (unpaired) electrons. The zero-order valence-corrected chi connectivity index (χ0v) is 10.9. The van der Waals surface area contributed by atoms with Crippen molar-refractivity contribution in [2.45, 2.75) is 23.6 Å². The fourth-order valence-corrected chi connectivity index (χ4v) is 3.73. The van der Waals surface area contributed by atoms with Gasteiger partial charge in [-0.2, -0.15) is 0 Å². The number of hydrogen-bond donors (Lipinski definition) is 0. The molecule has 1 unspecified atom stereocenters. The second-order valence-electron chi connectivity index (χ2n) is 4.53. The summed E-state index contributed by atoms with van der Waals surface area (Å²) in [6, 6.07) is 5.70. The highest BCUT2D eigenvalue weighted by Gasteiger charge is 2.42. The summed E-state index contributed by atoms with van der Waals surface area (Å²) in [5, 5.41) is 11.1. The smallest absolute Gasteiger partial charge is 0.230 e. The maximum atomic E-state index is 11.3. The zero-order chi connectivity index (χ0) is 13.4. The molecule has 2 aliphatic heterocycles. The predicted octanol–water partition coefficient (Wildman–Crippen LogP) is -0.718. The Bertz CT molecular complexity index is 558. The Morgan fingerprint density at radius 2 is 2.16 bits per heavy atom. The van der Waals surface area contributed by atoms with Gasteiger partial charge in [0.15, 0.2) is 18.9 Å². The van der Waals surface area contributed by atoms with Crippen molar-refractivity contribution in [3.05, 3.63) is 42.4 Å². The van der Waals surface area contributed by atoms with E-state index in [1.54, 1.807) is 0 Å². The number of pyridine rings is 1. The Kier molecular flexibility index (Phi) is 3.02. The number of β-lactam (4-membered cyclic amide) rings is 1. The van der Waals surface area contributed by atoms with Gasteiger partial charge in [-0.25, -0.2) is 4.57 Å². The maximum Gasteiger partial charge on any atom is 0.230 e. The van der Waals surface area contributed by atoms with Gasteiger partial charge in [-0.3, -0.25) is 4.79 Å². The van der Waals surface area contributed by atoms with Crippen LogP contribution in [-0.2, 0) is 16.1 Å². The molecule has 3 heterocycles. The molecular formula is C13H12N2O3S. The summed E-state index contributed by atoms with van der Waals surface area (Å²) in [4.78, 5) is 24.0. The second kappa shape index (κ2) is 4.70. The molecule has 0 bridgehead atoms. The van der Waals surface area contributed by atoms with Crippen molar-refractivity contribution in [3.8, 4) is 0 Å². The van der Waals surface area contributed by atoms with Crippen molar-refractivity contribution < 1.29 is 19.3 Å². The molecule has 3 rings (SSSR count). The third-order valence-electron chi connectivity index (χ3n) is 3.28. The number of carboxylic acid groups (broad SMARTS) is 1. The molecule has 1 aromatic heterocycles. The first-order chi connectivity index (χ1) is 9.15. The molecule has 0 N–H and O–H groups in total. The van der Waals surface area contributed by atoms with Crippen LogP contribution in [-0.4, -0.2) is 27.4 Å². The monoisotopic (exact) mass is 276 g/mol. The molecule has 1 fully saturated rings. The summed E-state index contributed by atoms with van der Waals surface area (Å²) in [6.07, 6.45) is 5.71. The van der Waals surface area contributed by atoms with E-state index in [4.69, 9.17) is 0 Å². The Hall–Kier alpha value is -1.82. The third kappa shape index (κ3) is 2.23. The molecule has 1 saturated heterocycles. The van der Waals surface area contributed by atoms with E-state index in [0.717, 1.165) is 0 Å². The van der Waals surface area contributed by atoms with Gasteiger partial charge in [-0.05, 0) is 0 Å². The number of carboxylic acids is 1. The van der Waals surface area contributed by atoms with Crippen molar-refractivity contribution in [3.63, 3.8) is 0 Å². The van der Waals surface area contributed by atoms with Crippen LogP contribution >= 0.6 is 11.8 Å². The van der Waals surface area contributed by atoms with E-state index in [0.29, 0.717) is 13.0 Å². The molecule has 0 aromatic carbocycles. The van der Waals surface area contributed by atoms with E-state index in [1.807, 2.05) is 35.2 Å². The van der Waals surface area contributed by atoms with Crippen molar-refractivity contribution in [1.29, 1.82) is 0 Å². The number of thioether (sulfide) groups is 1. The normalized spacial score (nSPS) is 25.4. The molecule has 6 heteroatoms. The average Bonchev–Trinajstić information content (AvgIpc) is 2.38. The largest absolute Gasteiger partial charge is 0.545 e. The molecule has 19 heavy (non-hydrogen) atoms. The number of hydrogen-bond acceptors (Lipinski definition) is 4. The fraction of sp³-hybridized carbons (Fsp3) is 0.308. The molecule has 1 amide bonds. The van der Waals surface area contributed by atoms with E-state index >= 15 is 0 Å². The van der Waals surface area contributed by atoms with Crippen LogP contribution in [0.4, 0.5) is 0 Å². The van der Waals surface area contributed by atoms with Crippen molar-refractivity contribution in [2.75, 3.05) is 0 Å². The SMILES string of the molecule is O=C([O-])C1=CN2C(=O)C[C@H]2SC1C[n+]1ccccc1. The van der Waals surface area contributed by atoms with Crippen LogP contribution in [0.5, 0.6) is 0 Å². The van der Waals surface area contributed by atoms with Gasteiger partial charge in [0, 0.05) is 23.9 Å². The number of rotatable bonds is 3. The number of carbonyl (C=O) groups excluding carboxylic acids is 2. The average molecular weight is 276 g/mol. The summed E-state index contributed by atoms with van der Waals surface area (Å²) in [7, 11) is 0. The maximum absolute atomic E-state index is 11.3. The fourth-order valence-electron chi connectivity index (χ4n) is 2.24. The number of carbonyl (C=O) groups is 2. The third-order valence-corrected chi connectivity index (χ3v) is 4.72. The molecule has 5 nitrogen and oxygen atoms in total. The first kappa shape index (κ1) is 12.2. The quantitative estimate of drug-likeness (QED) is 0.540. The van der Waals surface area contributed by atoms with Gasteiger partial charge >= 0.3 is 0 Å². The standard InChI is InChI=1S/C13H12N2O3S/c16-11-6-12-15(11)7-9(13(17)18)10(19-12)8-14-4-2-1-3-5-14/h1-5,7,10,12H,6,8H2/t10?,12-/m1/s1. The minimum Gasteiger partial charge on any atom is -0.545 e. The highest BCUT2D eigenvalue weighted by Crippen LogP contribution is 2.40. The predicted molar refractivity (Wildman–Crippen MR) is 66.4 cm³/mol.